The number of aromatic nitrogens is 1. The molecule has 2 amide bonds. The molecule has 0 unspecified atom stereocenters. The molecule has 0 bridgehead atoms. The molecule has 1 aromatic heterocycles. The van der Waals surface area contributed by atoms with Crippen LogP contribution < -0.4 is 0 Å². The van der Waals surface area contributed by atoms with Gasteiger partial charge in [-0.2, -0.15) is 0 Å². The highest BCUT2D eigenvalue weighted by atomic mass is 35.5. The molecule has 0 fully saturated rings. The van der Waals surface area contributed by atoms with Crippen LogP contribution in [-0.2, 0) is 34.5 Å². The number of alkyl halides is 1. The highest BCUT2D eigenvalue weighted by Crippen LogP contribution is 2.21. The Bertz CT molecular complexity index is 820. The first kappa shape index (κ1) is 24.0. The first-order valence-corrected chi connectivity index (χ1v) is 10.6. The Hall–Kier alpha value is -2.31. The first-order chi connectivity index (χ1) is 14.3. The van der Waals surface area contributed by atoms with Crippen molar-refractivity contribution in [2.45, 2.75) is 26.9 Å². The van der Waals surface area contributed by atoms with Crippen molar-refractivity contribution < 1.29 is 14.3 Å². The molecule has 0 aliphatic heterocycles. The molecule has 2 rings (SSSR count). The smallest absolute Gasteiger partial charge is 0.242 e. The Labute approximate surface area is 184 Å². The Morgan fingerprint density at radius 3 is 2.33 bits per heavy atom. The Morgan fingerprint density at radius 2 is 1.77 bits per heavy atom. The van der Waals surface area contributed by atoms with Crippen LogP contribution in [-0.4, -0.2) is 58.9 Å². The number of ether oxygens (including phenoxy) is 1. The van der Waals surface area contributed by atoms with Gasteiger partial charge in [0.15, 0.2) is 0 Å². The van der Waals surface area contributed by atoms with Crippen molar-refractivity contribution in [2.24, 2.45) is 12.5 Å². The van der Waals surface area contributed by atoms with Gasteiger partial charge in [0.05, 0.1) is 25.1 Å². The molecule has 0 saturated carbocycles. The molecule has 2 aromatic rings. The molecule has 164 valence electrons. The summed E-state index contributed by atoms with van der Waals surface area (Å²) in [7, 11) is 3.53. The minimum Gasteiger partial charge on any atom is -0.383 e. The van der Waals surface area contributed by atoms with Crippen LogP contribution in [0.25, 0.3) is 0 Å². The third kappa shape index (κ3) is 6.61. The Kier molecular flexibility index (Phi) is 8.93. The van der Waals surface area contributed by atoms with Crippen LogP contribution in [0.1, 0.15) is 25.1 Å². The van der Waals surface area contributed by atoms with Gasteiger partial charge in [-0.3, -0.25) is 9.59 Å². The Morgan fingerprint density at radius 1 is 1.07 bits per heavy atom. The number of aryl methyl sites for hydroxylation is 1. The zero-order chi connectivity index (χ0) is 22.1. The van der Waals surface area contributed by atoms with Crippen molar-refractivity contribution in [3.05, 3.63) is 59.9 Å². The van der Waals surface area contributed by atoms with Gasteiger partial charge in [0.1, 0.15) is 0 Å². The second-order valence-electron chi connectivity index (χ2n) is 8.08. The van der Waals surface area contributed by atoms with Gasteiger partial charge in [0, 0.05) is 45.0 Å². The third-order valence-corrected chi connectivity index (χ3v) is 5.73. The lowest BCUT2D eigenvalue weighted by atomic mass is 9.94. The van der Waals surface area contributed by atoms with Gasteiger partial charge in [-0.15, -0.1) is 11.6 Å². The lowest BCUT2D eigenvalue weighted by molar-refractivity contribution is -0.146. The normalized spacial score (nSPS) is 11.4. The number of carbonyl (C=O) groups excluding carboxylic acids is 2. The molecule has 0 saturated heterocycles. The van der Waals surface area contributed by atoms with E-state index in [1.165, 1.54) is 0 Å². The van der Waals surface area contributed by atoms with Gasteiger partial charge in [-0.25, -0.2) is 0 Å². The molecule has 0 aliphatic rings. The zero-order valence-corrected chi connectivity index (χ0v) is 19.1. The van der Waals surface area contributed by atoms with E-state index in [9.17, 15) is 9.59 Å². The van der Waals surface area contributed by atoms with Crippen LogP contribution in [0.5, 0.6) is 0 Å². The van der Waals surface area contributed by atoms with Crippen LogP contribution in [0.2, 0.25) is 0 Å². The van der Waals surface area contributed by atoms with E-state index >= 15 is 0 Å². The summed E-state index contributed by atoms with van der Waals surface area (Å²) in [6.07, 6.45) is 1.96. The molecule has 7 heteroatoms. The molecule has 0 N–H and O–H groups in total. The highest BCUT2D eigenvalue weighted by Gasteiger charge is 2.33. The molecule has 6 nitrogen and oxygen atoms in total. The number of amides is 2. The molecular weight excluding hydrogens is 402 g/mol. The molecule has 1 heterocycles. The predicted molar refractivity (Wildman–Crippen MR) is 119 cm³/mol. The number of hydrogen-bond acceptors (Lipinski definition) is 3. The quantitative estimate of drug-likeness (QED) is 0.511. The summed E-state index contributed by atoms with van der Waals surface area (Å²) in [6, 6.07) is 13.8. The van der Waals surface area contributed by atoms with Crippen molar-refractivity contribution in [3.63, 3.8) is 0 Å². The van der Waals surface area contributed by atoms with Crippen LogP contribution in [0.15, 0.2) is 48.7 Å². The van der Waals surface area contributed by atoms with E-state index in [1.54, 1.807) is 30.8 Å². The maximum Gasteiger partial charge on any atom is 0.242 e. The molecule has 0 radical (unpaired) electrons. The van der Waals surface area contributed by atoms with E-state index < -0.39 is 5.41 Å². The van der Waals surface area contributed by atoms with E-state index in [4.69, 9.17) is 16.3 Å². The van der Waals surface area contributed by atoms with Crippen LogP contribution in [0.4, 0.5) is 0 Å². The monoisotopic (exact) mass is 433 g/mol. The minimum absolute atomic E-state index is 0.0141. The summed E-state index contributed by atoms with van der Waals surface area (Å²) in [6.45, 7) is 5.19. The van der Waals surface area contributed by atoms with E-state index in [2.05, 4.69) is 0 Å². The van der Waals surface area contributed by atoms with Gasteiger partial charge in [0.2, 0.25) is 11.8 Å². The minimum atomic E-state index is -0.752. The second kappa shape index (κ2) is 11.2. The number of benzene rings is 1. The molecular formula is C23H32ClN3O3. The first-order valence-electron chi connectivity index (χ1n) is 10.0. The number of rotatable bonds is 11. The summed E-state index contributed by atoms with van der Waals surface area (Å²) in [5.41, 5.74) is 1.31. The molecule has 30 heavy (non-hydrogen) atoms. The number of carbonyl (C=O) groups is 2. The number of hydrogen-bond donors (Lipinski definition) is 0. The van der Waals surface area contributed by atoms with Crippen molar-refractivity contribution in [1.29, 1.82) is 0 Å². The SMILES string of the molecule is COCCN(CC(=O)N(Cc1ccccc1)Cc1cccn1C)C(=O)C(C)(C)CCl. The second-order valence-corrected chi connectivity index (χ2v) is 8.35. The van der Waals surface area contributed by atoms with Crippen LogP contribution in [0, 0.1) is 5.41 Å². The summed E-state index contributed by atoms with van der Waals surface area (Å²) in [5.74, 6) is -0.0862. The summed E-state index contributed by atoms with van der Waals surface area (Å²) in [5, 5.41) is 0. The average Bonchev–Trinajstić information content (AvgIpc) is 3.15. The Balaban J connectivity index is 2.22. The summed E-state index contributed by atoms with van der Waals surface area (Å²) in [4.78, 5) is 29.7. The largest absolute Gasteiger partial charge is 0.383 e. The van der Waals surface area contributed by atoms with Gasteiger partial charge in [-0.1, -0.05) is 30.3 Å². The van der Waals surface area contributed by atoms with Crippen molar-refractivity contribution >= 4 is 23.4 Å². The number of methoxy groups -OCH3 is 1. The van der Waals surface area contributed by atoms with E-state index in [-0.39, 0.29) is 24.2 Å². The third-order valence-electron chi connectivity index (χ3n) is 5.06. The summed E-state index contributed by atoms with van der Waals surface area (Å²) >= 11 is 6.01. The fourth-order valence-electron chi connectivity index (χ4n) is 3.09. The van der Waals surface area contributed by atoms with Gasteiger partial charge in [-0.05, 0) is 31.5 Å². The average molecular weight is 434 g/mol. The fraction of sp³-hybridized carbons (Fsp3) is 0.478. The van der Waals surface area contributed by atoms with Gasteiger partial charge < -0.3 is 19.1 Å². The lowest BCUT2D eigenvalue weighted by Gasteiger charge is -2.32. The van der Waals surface area contributed by atoms with Crippen LogP contribution in [0.3, 0.4) is 0 Å². The fourth-order valence-corrected chi connectivity index (χ4v) is 3.21. The standard InChI is InChI=1S/C23H32ClN3O3/c1-23(2,18-24)22(29)26(13-14-30-4)17-21(28)27(15-19-9-6-5-7-10-19)16-20-11-8-12-25(20)3/h5-12H,13-18H2,1-4H3. The van der Waals surface area contributed by atoms with E-state index in [0.717, 1.165) is 11.3 Å². The van der Waals surface area contributed by atoms with Crippen molar-refractivity contribution in [1.82, 2.24) is 14.4 Å². The van der Waals surface area contributed by atoms with E-state index in [1.807, 2.05) is 60.3 Å². The van der Waals surface area contributed by atoms with Crippen molar-refractivity contribution in [3.8, 4) is 0 Å². The van der Waals surface area contributed by atoms with Gasteiger partial charge >= 0.3 is 0 Å². The molecule has 1 aromatic carbocycles. The molecule has 0 aliphatic carbocycles. The summed E-state index contributed by atoms with van der Waals surface area (Å²) < 4.78 is 7.15. The zero-order valence-electron chi connectivity index (χ0n) is 18.3. The van der Waals surface area contributed by atoms with Crippen molar-refractivity contribution in [2.75, 3.05) is 32.7 Å². The number of nitrogens with zero attached hydrogens (tertiary/aromatic N) is 3. The van der Waals surface area contributed by atoms with E-state index in [0.29, 0.717) is 26.2 Å². The van der Waals surface area contributed by atoms with Gasteiger partial charge in [0.25, 0.3) is 0 Å². The molecule has 0 spiro atoms. The topological polar surface area (TPSA) is 54.8 Å². The molecule has 0 atom stereocenters. The van der Waals surface area contributed by atoms with Crippen LogP contribution >= 0.6 is 11.6 Å². The lowest BCUT2D eigenvalue weighted by Crippen LogP contribution is -2.48. The predicted octanol–water partition coefficient (Wildman–Crippen LogP) is 3.29. The maximum absolute atomic E-state index is 13.3. The highest BCUT2D eigenvalue weighted by molar-refractivity contribution is 6.19. The number of halogens is 1. The maximum atomic E-state index is 13.3.